The van der Waals surface area contributed by atoms with Gasteiger partial charge in [0.1, 0.15) is 0 Å². The highest BCUT2D eigenvalue weighted by Gasteiger charge is 2.40. The number of aliphatic hydroxyl groups is 1. The Labute approximate surface area is 291 Å². The monoisotopic (exact) mass is 659 g/mol. The number of amides is 2. The first kappa shape index (κ1) is 34.6. The van der Waals surface area contributed by atoms with Crippen molar-refractivity contribution in [2.75, 3.05) is 13.1 Å². The van der Waals surface area contributed by atoms with Crippen molar-refractivity contribution in [2.45, 2.75) is 76.8 Å². The molecule has 0 aromatic heterocycles. The number of carbonyl (C=O) groups is 1. The SMILES string of the molecule is C=CCN(C[C@H]1O[C@@H](c2cccc(-c3cccc(CNC(=O)NCc4ccccc4)c3)c2)O[C@@H](c2ccc(CO)cc2)[C@H]1C)C1CCCC1. The predicted octanol–water partition coefficient (Wildman–Crippen LogP) is 8.07. The van der Waals surface area contributed by atoms with Crippen molar-refractivity contribution >= 4 is 6.03 Å². The molecular formula is C42H49N3O4. The van der Waals surface area contributed by atoms with E-state index in [1.165, 1.54) is 25.7 Å². The van der Waals surface area contributed by atoms with Crippen molar-refractivity contribution in [3.8, 4) is 11.1 Å². The van der Waals surface area contributed by atoms with Crippen LogP contribution in [0.25, 0.3) is 11.1 Å². The van der Waals surface area contributed by atoms with Gasteiger partial charge in [-0.3, -0.25) is 4.90 Å². The van der Waals surface area contributed by atoms with Crippen molar-refractivity contribution in [3.63, 3.8) is 0 Å². The molecule has 1 aliphatic heterocycles. The van der Waals surface area contributed by atoms with Crippen molar-refractivity contribution < 1.29 is 19.4 Å². The molecule has 0 spiro atoms. The Morgan fingerprint density at radius 1 is 0.816 bits per heavy atom. The minimum absolute atomic E-state index is 0.0130. The fraction of sp³-hybridized carbons (Fsp3) is 0.357. The van der Waals surface area contributed by atoms with Crippen LogP contribution < -0.4 is 10.6 Å². The Kier molecular flexibility index (Phi) is 11.9. The Morgan fingerprint density at radius 2 is 1.49 bits per heavy atom. The summed E-state index contributed by atoms with van der Waals surface area (Å²) in [4.78, 5) is 15.0. The molecule has 6 rings (SSSR count). The van der Waals surface area contributed by atoms with Gasteiger partial charge in [0.2, 0.25) is 0 Å². The van der Waals surface area contributed by atoms with Crippen LogP contribution >= 0.6 is 0 Å². The van der Waals surface area contributed by atoms with Crippen molar-refractivity contribution in [2.24, 2.45) is 5.92 Å². The first-order valence-corrected chi connectivity index (χ1v) is 17.6. The number of urea groups is 1. The van der Waals surface area contributed by atoms with Crippen LogP contribution in [0.4, 0.5) is 4.79 Å². The Hall–Kier alpha value is -4.27. The third kappa shape index (κ3) is 9.05. The average Bonchev–Trinajstić information content (AvgIpc) is 3.70. The largest absolute Gasteiger partial charge is 0.392 e. The van der Waals surface area contributed by atoms with Crippen LogP contribution in [0.3, 0.4) is 0 Å². The van der Waals surface area contributed by atoms with Gasteiger partial charge in [0.15, 0.2) is 6.29 Å². The second-order valence-corrected chi connectivity index (χ2v) is 13.4. The van der Waals surface area contributed by atoms with Gasteiger partial charge in [0.25, 0.3) is 0 Å². The summed E-state index contributed by atoms with van der Waals surface area (Å²) in [6.07, 6.45) is 6.23. The number of ether oxygens (including phenoxy) is 2. The number of rotatable bonds is 13. The van der Waals surface area contributed by atoms with E-state index in [1.807, 2.05) is 60.7 Å². The molecule has 1 saturated carbocycles. The molecule has 3 N–H and O–H groups in total. The number of nitrogens with zero attached hydrogens (tertiary/aromatic N) is 1. The quantitative estimate of drug-likeness (QED) is 0.127. The Bertz CT molecular complexity index is 1650. The zero-order chi connectivity index (χ0) is 34.0. The second kappa shape index (κ2) is 16.9. The van der Waals surface area contributed by atoms with Crippen molar-refractivity contribution in [1.82, 2.24) is 15.5 Å². The topological polar surface area (TPSA) is 83.1 Å². The molecular weight excluding hydrogens is 610 g/mol. The Balaban J connectivity index is 1.19. The van der Waals surface area contributed by atoms with E-state index in [4.69, 9.17) is 9.47 Å². The van der Waals surface area contributed by atoms with Gasteiger partial charge in [-0.2, -0.15) is 0 Å². The number of carbonyl (C=O) groups excluding carboxylic acids is 1. The van der Waals surface area contributed by atoms with E-state index in [0.717, 1.165) is 52.0 Å². The summed E-state index contributed by atoms with van der Waals surface area (Å²) >= 11 is 0. The molecule has 0 bridgehead atoms. The summed E-state index contributed by atoms with van der Waals surface area (Å²) in [5, 5.41) is 15.5. The van der Waals surface area contributed by atoms with Crippen molar-refractivity contribution in [3.05, 3.63) is 144 Å². The van der Waals surface area contributed by atoms with Crippen molar-refractivity contribution in [1.29, 1.82) is 0 Å². The lowest BCUT2D eigenvalue weighted by Crippen LogP contribution is -2.47. The number of nitrogens with one attached hydrogen (secondary N) is 2. The number of hydrogen-bond donors (Lipinski definition) is 3. The molecule has 4 atom stereocenters. The van der Waals surface area contributed by atoms with Gasteiger partial charge < -0.3 is 25.2 Å². The van der Waals surface area contributed by atoms with Gasteiger partial charge in [-0.1, -0.05) is 117 Å². The summed E-state index contributed by atoms with van der Waals surface area (Å²) in [7, 11) is 0. The molecule has 0 unspecified atom stereocenters. The van der Waals surface area contributed by atoms with Crippen LogP contribution in [-0.2, 0) is 29.2 Å². The minimum atomic E-state index is -0.545. The highest BCUT2D eigenvalue weighted by Crippen LogP contribution is 2.43. The standard InChI is InChI=1S/C42H49N3O4/c1-3-23-45(38-17-7-8-18-38)28-39-30(2)40(34-21-19-32(29-46)20-22-34)49-41(48-39)37-16-10-15-36(25-37)35-14-9-13-33(24-35)27-44-42(47)43-26-31-11-5-4-6-12-31/h3-6,9-16,19-22,24-25,30,38-41,46H,1,7-8,17-18,23,26-29H2,2H3,(H2,43,44,47)/t30-,39+,40+,41+/m0/s1. The molecule has 1 aliphatic carbocycles. The highest BCUT2D eigenvalue weighted by molar-refractivity contribution is 5.74. The lowest BCUT2D eigenvalue weighted by Gasteiger charge is -2.43. The van der Waals surface area contributed by atoms with Gasteiger partial charge in [-0.05, 0) is 58.4 Å². The first-order valence-electron chi connectivity index (χ1n) is 17.6. The van der Waals surface area contributed by atoms with Gasteiger partial charge in [0, 0.05) is 43.7 Å². The molecule has 1 saturated heterocycles. The first-order chi connectivity index (χ1) is 24.0. The lowest BCUT2D eigenvalue weighted by molar-refractivity contribution is -0.276. The zero-order valence-corrected chi connectivity index (χ0v) is 28.5. The molecule has 2 amide bonds. The maximum absolute atomic E-state index is 12.5. The van der Waals surface area contributed by atoms with Crippen LogP contribution in [0.5, 0.6) is 0 Å². The van der Waals surface area contributed by atoms with E-state index in [0.29, 0.717) is 19.1 Å². The highest BCUT2D eigenvalue weighted by atomic mass is 16.7. The number of aliphatic hydroxyl groups excluding tert-OH is 1. The third-order valence-electron chi connectivity index (χ3n) is 9.91. The van der Waals surface area contributed by atoms with E-state index in [1.54, 1.807) is 0 Å². The summed E-state index contributed by atoms with van der Waals surface area (Å²) < 4.78 is 13.7. The molecule has 2 fully saturated rings. The zero-order valence-electron chi connectivity index (χ0n) is 28.5. The van der Waals surface area contributed by atoms with Gasteiger partial charge in [-0.15, -0.1) is 6.58 Å². The van der Waals surface area contributed by atoms with E-state index >= 15 is 0 Å². The van der Waals surface area contributed by atoms with Gasteiger partial charge >= 0.3 is 6.03 Å². The second-order valence-electron chi connectivity index (χ2n) is 13.4. The molecule has 1 heterocycles. The van der Waals surface area contributed by atoms with Gasteiger partial charge in [-0.25, -0.2) is 4.79 Å². The summed E-state index contributed by atoms with van der Waals surface area (Å²) in [6, 6.07) is 35.0. The molecule has 0 radical (unpaired) electrons. The third-order valence-corrected chi connectivity index (χ3v) is 9.91. The number of benzene rings is 4. The summed E-state index contributed by atoms with van der Waals surface area (Å²) in [5.74, 6) is 0.113. The maximum atomic E-state index is 12.5. The summed E-state index contributed by atoms with van der Waals surface area (Å²) in [6.45, 7) is 8.85. The van der Waals surface area contributed by atoms with Crippen LogP contribution in [0.1, 0.15) is 72.8 Å². The molecule has 4 aromatic carbocycles. The smallest absolute Gasteiger partial charge is 0.315 e. The predicted molar refractivity (Wildman–Crippen MR) is 194 cm³/mol. The summed E-state index contributed by atoms with van der Waals surface area (Å²) in [5.41, 5.74) is 7.11. The van der Waals surface area contributed by atoms with E-state index < -0.39 is 6.29 Å². The fourth-order valence-electron chi connectivity index (χ4n) is 7.12. The van der Waals surface area contributed by atoms with Crippen LogP contribution in [-0.4, -0.2) is 41.3 Å². The molecule has 2 aliphatic rings. The van der Waals surface area contributed by atoms with Crippen LogP contribution in [0.15, 0.2) is 116 Å². The normalized spacial score (nSPS) is 21.0. The molecule has 7 heteroatoms. The van der Waals surface area contributed by atoms with Crippen LogP contribution in [0, 0.1) is 5.92 Å². The average molecular weight is 660 g/mol. The van der Waals surface area contributed by atoms with Gasteiger partial charge in [0.05, 0.1) is 18.8 Å². The minimum Gasteiger partial charge on any atom is -0.392 e. The van der Waals surface area contributed by atoms with Crippen LogP contribution in [0.2, 0.25) is 0 Å². The maximum Gasteiger partial charge on any atom is 0.315 e. The molecule has 4 aromatic rings. The fourth-order valence-corrected chi connectivity index (χ4v) is 7.12. The molecule has 49 heavy (non-hydrogen) atoms. The number of hydrogen-bond acceptors (Lipinski definition) is 5. The lowest BCUT2D eigenvalue weighted by atomic mass is 9.89. The molecule has 256 valence electrons. The van der Waals surface area contributed by atoms with E-state index in [9.17, 15) is 9.90 Å². The molecule has 7 nitrogen and oxygen atoms in total. The Morgan fingerprint density at radius 3 is 2.20 bits per heavy atom. The van der Waals surface area contributed by atoms with E-state index in [2.05, 4.69) is 77.6 Å². The van der Waals surface area contributed by atoms with E-state index in [-0.39, 0.29) is 30.8 Å².